The normalized spacial score (nSPS) is 23.4. The van der Waals surface area contributed by atoms with Gasteiger partial charge in [0, 0.05) is 18.8 Å². The zero-order valence-electron chi connectivity index (χ0n) is 8.13. The van der Waals surface area contributed by atoms with E-state index in [0.29, 0.717) is 13.0 Å². The van der Waals surface area contributed by atoms with E-state index >= 15 is 0 Å². The van der Waals surface area contributed by atoms with E-state index in [-0.39, 0.29) is 17.5 Å². The summed E-state index contributed by atoms with van der Waals surface area (Å²) in [4.78, 5) is 0.155. The first-order valence-corrected chi connectivity index (χ1v) is 6.22. The molecule has 1 saturated heterocycles. The molecule has 0 aromatic carbocycles. The number of rotatable bonds is 3. The van der Waals surface area contributed by atoms with E-state index < -0.39 is 10.0 Å². The molecule has 1 aliphatic heterocycles. The van der Waals surface area contributed by atoms with Crippen molar-refractivity contribution in [3.63, 3.8) is 0 Å². The minimum atomic E-state index is -3.48. The first-order chi connectivity index (χ1) is 7.16. The number of nitrogens with zero attached hydrogens (tertiary/aromatic N) is 2. The number of sulfonamides is 1. The molecule has 2 heterocycles. The van der Waals surface area contributed by atoms with Gasteiger partial charge in [-0.25, -0.2) is 8.42 Å². The molecule has 1 aliphatic rings. The Hall–Kier alpha value is -0.920. The van der Waals surface area contributed by atoms with Crippen molar-refractivity contribution in [2.24, 2.45) is 0 Å². The molecule has 0 radical (unpaired) electrons. The van der Waals surface area contributed by atoms with Crippen molar-refractivity contribution in [3.05, 3.63) is 12.4 Å². The predicted molar refractivity (Wildman–Crippen MR) is 52.6 cm³/mol. The molecule has 1 aromatic heterocycles. The molecule has 1 fully saturated rings. The molecule has 0 amide bonds. The molecule has 0 saturated carbocycles. The van der Waals surface area contributed by atoms with Crippen LogP contribution < -0.4 is 0 Å². The Morgan fingerprint density at radius 2 is 2.47 bits per heavy atom. The van der Waals surface area contributed by atoms with Gasteiger partial charge >= 0.3 is 0 Å². The van der Waals surface area contributed by atoms with Crippen LogP contribution in [0.3, 0.4) is 0 Å². The van der Waals surface area contributed by atoms with E-state index in [2.05, 4.69) is 10.2 Å². The first kappa shape index (κ1) is 10.6. The van der Waals surface area contributed by atoms with E-state index in [1.807, 2.05) is 0 Å². The average molecular weight is 231 g/mol. The quantitative estimate of drug-likeness (QED) is 0.738. The fourth-order valence-electron chi connectivity index (χ4n) is 1.82. The molecule has 0 bridgehead atoms. The second-order valence-electron chi connectivity index (χ2n) is 3.53. The average Bonchev–Trinajstić information content (AvgIpc) is 2.89. The molecule has 1 unspecified atom stereocenters. The molecule has 15 heavy (non-hydrogen) atoms. The van der Waals surface area contributed by atoms with Crippen LogP contribution in [0.25, 0.3) is 0 Å². The second-order valence-corrected chi connectivity index (χ2v) is 5.42. The Bertz CT molecular complexity index is 414. The van der Waals surface area contributed by atoms with Gasteiger partial charge < -0.3 is 5.11 Å². The molecule has 1 aromatic rings. The highest BCUT2D eigenvalue weighted by Gasteiger charge is 2.35. The lowest BCUT2D eigenvalue weighted by Crippen LogP contribution is -2.37. The Kier molecular flexibility index (Phi) is 2.76. The van der Waals surface area contributed by atoms with Gasteiger partial charge in [-0.05, 0) is 12.8 Å². The summed E-state index contributed by atoms with van der Waals surface area (Å²) in [7, 11) is -3.48. The van der Waals surface area contributed by atoms with Crippen LogP contribution in [0.2, 0.25) is 0 Å². The van der Waals surface area contributed by atoms with Gasteiger partial charge in [0.2, 0.25) is 10.0 Å². The predicted octanol–water partition coefficient (Wildman–Crippen LogP) is -0.445. The number of aromatic nitrogens is 2. The Morgan fingerprint density at radius 3 is 3.07 bits per heavy atom. The molecular formula is C8H13N3O3S. The molecule has 0 spiro atoms. The van der Waals surface area contributed by atoms with Crippen LogP contribution >= 0.6 is 0 Å². The molecule has 0 aliphatic carbocycles. The monoisotopic (exact) mass is 231 g/mol. The minimum Gasteiger partial charge on any atom is -0.395 e. The number of aromatic amines is 1. The van der Waals surface area contributed by atoms with Crippen LogP contribution in [0.15, 0.2) is 17.3 Å². The Balaban J connectivity index is 2.30. The van der Waals surface area contributed by atoms with Crippen LogP contribution in [0.1, 0.15) is 12.8 Å². The van der Waals surface area contributed by atoms with Crippen molar-refractivity contribution in [1.82, 2.24) is 14.5 Å². The van der Waals surface area contributed by atoms with Gasteiger partial charge in [0.25, 0.3) is 0 Å². The lowest BCUT2D eigenvalue weighted by atomic mass is 10.2. The third kappa shape index (κ3) is 1.77. The zero-order valence-corrected chi connectivity index (χ0v) is 8.94. The van der Waals surface area contributed by atoms with Crippen LogP contribution in [-0.2, 0) is 10.0 Å². The van der Waals surface area contributed by atoms with Gasteiger partial charge in [-0.2, -0.15) is 9.40 Å². The van der Waals surface area contributed by atoms with Crippen LogP contribution in [-0.4, -0.2) is 47.2 Å². The van der Waals surface area contributed by atoms with E-state index in [4.69, 9.17) is 5.11 Å². The number of hydrogen-bond acceptors (Lipinski definition) is 4. The standard InChI is InChI=1S/C8H13N3O3S/c12-6-7-2-1-3-11(7)15(13,14)8-4-9-10-5-8/h4-5,7,12H,1-3,6H2,(H,9,10). The summed E-state index contributed by atoms with van der Waals surface area (Å²) in [6, 6.07) is -0.287. The van der Waals surface area contributed by atoms with E-state index in [1.165, 1.54) is 16.7 Å². The van der Waals surface area contributed by atoms with Gasteiger partial charge in [-0.3, -0.25) is 5.10 Å². The van der Waals surface area contributed by atoms with E-state index in [9.17, 15) is 8.42 Å². The van der Waals surface area contributed by atoms with E-state index in [0.717, 1.165) is 6.42 Å². The van der Waals surface area contributed by atoms with Crippen molar-refractivity contribution in [1.29, 1.82) is 0 Å². The van der Waals surface area contributed by atoms with Crippen molar-refractivity contribution in [2.45, 2.75) is 23.8 Å². The van der Waals surface area contributed by atoms with Crippen LogP contribution in [0, 0.1) is 0 Å². The van der Waals surface area contributed by atoms with Gasteiger partial charge in [0.1, 0.15) is 4.90 Å². The summed E-state index contributed by atoms with van der Waals surface area (Å²) >= 11 is 0. The molecule has 2 N–H and O–H groups in total. The number of aliphatic hydroxyl groups excluding tert-OH is 1. The summed E-state index contributed by atoms with van der Waals surface area (Å²) in [5.74, 6) is 0. The number of H-pyrrole nitrogens is 1. The highest BCUT2D eigenvalue weighted by molar-refractivity contribution is 7.89. The minimum absolute atomic E-state index is 0.128. The summed E-state index contributed by atoms with van der Waals surface area (Å²) in [5.41, 5.74) is 0. The fourth-order valence-corrected chi connectivity index (χ4v) is 3.42. The van der Waals surface area contributed by atoms with Gasteiger partial charge in [-0.15, -0.1) is 0 Å². The highest BCUT2D eigenvalue weighted by atomic mass is 32.2. The lowest BCUT2D eigenvalue weighted by Gasteiger charge is -2.21. The van der Waals surface area contributed by atoms with Crippen LogP contribution in [0.5, 0.6) is 0 Å². The molecule has 7 heteroatoms. The lowest BCUT2D eigenvalue weighted by molar-refractivity contribution is 0.213. The third-order valence-corrected chi connectivity index (χ3v) is 4.53. The molecule has 6 nitrogen and oxygen atoms in total. The Morgan fingerprint density at radius 1 is 1.67 bits per heavy atom. The summed E-state index contributed by atoms with van der Waals surface area (Å²) in [6.07, 6.45) is 4.14. The second kappa shape index (κ2) is 3.92. The first-order valence-electron chi connectivity index (χ1n) is 4.78. The summed E-state index contributed by atoms with van der Waals surface area (Å²) in [5, 5.41) is 15.2. The maximum absolute atomic E-state index is 12.0. The molecular weight excluding hydrogens is 218 g/mol. The van der Waals surface area contributed by atoms with Crippen molar-refractivity contribution < 1.29 is 13.5 Å². The van der Waals surface area contributed by atoms with Gasteiger partial charge in [0.15, 0.2) is 0 Å². The smallest absolute Gasteiger partial charge is 0.246 e. The largest absolute Gasteiger partial charge is 0.395 e. The number of aliphatic hydroxyl groups is 1. The van der Waals surface area contributed by atoms with Crippen molar-refractivity contribution >= 4 is 10.0 Å². The zero-order chi connectivity index (χ0) is 10.9. The van der Waals surface area contributed by atoms with Gasteiger partial charge in [0.05, 0.1) is 12.8 Å². The van der Waals surface area contributed by atoms with Crippen LogP contribution in [0.4, 0.5) is 0 Å². The van der Waals surface area contributed by atoms with Crippen molar-refractivity contribution in [3.8, 4) is 0 Å². The van der Waals surface area contributed by atoms with Crippen molar-refractivity contribution in [2.75, 3.05) is 13.2 Å². The highest BCUT2D eigenvalue weighted by Crippen LogP contribution is 2.24. The maximum Gasteiger partial charge on any atom is 0.246 e. The number of hydrogen-bond donors (Lipinski definition) is 2. The summed E-state index contributed by atoms with van der Waals surface area (Å²) in [6.45, 7) is 0.343. The van der Waals surface area contributed by atoms with Gasteiger partial charge in [-0.1, -0.05) is 0 Å². The fraction of sp³-hybridized carbons (Fsp3) is 0.625. The van der Waals surface area contributed by atoms with E-state index in [1.54, 1.807) is 0 Å². The topological polar surface area (TPSA) is 86.3 Å². The summed E-state index contributed by atoms with van der Waals surface area (Å²) < 4.78 is 25.4. The Labute approximate surface area is 88.0 Å². The number of nitrogens with one attached hydrogen (secondary N) is 1. The molecule has 2 rings (SSSR count). The SMILES string of the molecule is O=S(=O)(c1cn[nH]c1)N1CCCC1CO. The molecule has 84 valence electrons. The third-order valence-electron chi connectivity index (χ3n) is 2.61. The molecule has 1 atom stereocenters. The maximum atomic E-state index is 12.0.